The van der Waals surface area contributed by atoms with Crippen LogP contribution in [0.1, 0.15) is 39.0 Å². The Labute approximate surface area is 74.2 Å². The van der Waals surface area contributed by atoms with Crippen LogP contribution in [0.4, 0.5) is 0 Å². The second kappa shape index (κ2) is 3.75. The average molecular weight is 170 g/mol. The highest BCUT2D eigenvalue weighted by Crippen LogP contribution is 2.31. The van der Waals surface area contributed by atoms with Crippen LogP contribution in [0, 0.1) is 0 Å². The standard InChI is InChI=1S/C10H18O2/c1-2-4-9-10(12-9)6-3-5-8-7-11-8/h8-10H,2-7H2,1H3. The van der Waals surface area contributed by atoms with Gasteiger partial charge in [-0.05, 0) is 25.7 Å². The summed E-state index contributed by atoms with van der Waals surface area (Å²) in [7, 11) is 0. The molecule has 2 rings (SSSR count). The monoisotopic (exact) mass is 170 g/mol. The predicted molar refractivity (Wildman–Crippen MR) is 47.2 cm³/mol. The van der Waals surface area contributed by atoms with Gasteiger partial charge >= 0.3 is 0 Å². The fourth-order valence-electron chi connectivity index (χ4n) is 1.75. The molecule has 3 unspecified atom stereocenters. The molecule has 0 amide bonds. The van der Waals surface area contributed by atoms with Gasteiger partial charge in [-0.3, -0.25) is 0 Å². The van der Waals surface area contributed by atoms with Crippen LogP contribution in [0.3, 0.4) is 0 Å². The van der Waals surface area contributed by atoms with Crippen LogP contribution in [0.25, 0.3) is 0 Å². The second-order valence-electron chi connectivity index (χ2n) is 3.89. The van der Waals surface area contributed by atoms with Gasteiger partial charge in [0.1, 0.15) is 0 Å². The molecule has 2 aliphatic heterocycles. The van der Waals surface area contributed by atoms with Crippen LogP contribution in [0.15, 0.2) is 0 Å². The van der Waals surface area contributed by atoms with Crippen molar-refractivity contribution in [2.45, 2.75) is 57.3 Å². The van der Waals surface area contributed by atoms with Gasteiger partial charge in [0.25, 0.3) is 0 Å². The highest BCUT2D eigenvalue weighted by Gasteiger charge is 2.37. The zero-order valence-electron chi connectivity index (χ0n) is 7.79. The van der Waals surface area contributed by atoms with Crippen molar-refractivity contribution >= 4 is 0 Å². The predicted octanol–water partition coefficient (Wildman–Crippen LogP) is 2.12. The smallest absolute Gasteiger partial charge is 0.0841 e. The van der Waals surface area contributed by atoms with Crippen molar-refractivity contribution < 1.29 is 9.47 Å². The van der Waals surface area contributed by atoms with E-state index in [4.69, 9.17) is 9.47 Å². The molecule has 0 aromatic rings. The van der Waals surface area contributed by atoms with E-state index in [1.165, 1.54) is 32.1 Å². The number of hydrogen-bond donors (Lipinski definition) is 0. The maximum absolute atomic E-state index is 5.52. The summed E-state index contributed by atoms with van der Waals surface area (Å²) in [6.07, 6.45) is 8.11. The Morgan fingerprint density at radius 2 is 1.92 bits per heavy atom. The van der Waals surface area contributed by atoms with Gasteiger partial charge in [0, 0.05) is 0 Å². The average Bonchev–Trinajstić information content (AvgIpc) is 2.88. The third-order valence-corrected chi connectivity index (χ3v) is 2.68. The summed E-state index contributed by atoms with van der Waals surface area (Å²) in [5, 5.41) is 0. The molecule has 2 fully saturated rings. The first-order chi connectivity index (χ1) is 5.90. The molecule has 2 saturated heterocycles. The molecule has 12 heavy (non-hydrogen) atoms. The van der Waals surface area contributed by atoms with Crippen LogP contribution < -0.4 is 0 Å². The lowest BCUT2D eigenvalue weighted by molar-refractivity contribution is 0.344. The lowest BCUT2D eigenvalue weighted by atomic mass is 10.1. The van der Waals surface area contributed by atoms with Crippen molar-refractivity contribution in [2.75, 3.05) is 6.61 Å². The minimum Gasteiger partial charge on any atom is -0.373 e. The van der Waals surface area contributed by atoms with Gasteiger partial charge in [-0.15, -0.1) is 0 Å². The fraction of sp³-hybridized carbons (Fsp3) is 1.00. The quantitative estimate of drug-likeness (QED) is 0.570. The molecule has 0 aromatic heterocycles. The van der Waals surface area contributed by atoms with E-state index >= 15 is 0 Å². The molecule has 70 valence electrons. The maximum Gasteiger partial charge on any atom is 0.0841 e. The molecule has 3 atom stereocenters. The largest absolute Gasteiger partial charge is 0.373 e. The molecule has 0 saturated carbocycles. The summed E-state index contributed by atoms with van der Waals surface area (Å²) >= 11 is 0. The van der Waals surface area contributed by atoms with E-state index in [1.807, 2.05) is 0 Å². The zero-order chi connectivity index (χ0) is 8.39. The first-order valence-corrected chi connectivity index (χ1v) is 5.17. The van der Waals surface area contributed by atoms with Crippen molar-refractivity contribution in [1.82, 2.24) is 0 Å². The first kappa shape index (κ1) is 8.52. The van der Waals surface area contributed by atoms with Crippen molar-refractivity contribution in [3.05, 3.63) is 0 Å². The van der Waals surface area contributed by atoms with E-state index in [1.54, 1.807) is 0 Å². The molecule has 0 radical (unpaired) electrons. The van der Waals surface area contributed by atoms with Gasteiger partial charge in [-0.1, -0.05) is 13.3 Å². The Kier molecular flexibility index (Phi) is 2.66. The van der Waals surface area contributed by atoms with Crippen molar-refractivity contribution in [2.24, 2.45) is 0 Å². The van der Waals surface area contributed by atoms with Gasteiger partial charge in [0.15, 0.2) is 0 Å². The van der Waals surface area contributed by atoms with E-state index in [0.717, 1.165) is 6.61 Å². The van der Waals surface area contributed by atoms with Crippen molar-refractivity contribution in [1.29, 1.82) is 0 Å². The highest BCUT2D eigenvalue weighted by molar-refractivity contribution is 4.84. The zero-order valence-corrected chi connectivity index (χ0v) is 7.79. The summed E-state index contributed by atoms with van der Waals surface area (Å²) in [6, 6.07) is 0. The summed E-state index contributed by atoms with van der Waals surface area (Å²) in [6.45, 7) is 3.22. The topological polar surface area (TPSA) is 25.1 Å². The van der Waals surface area contributed by atoms with E-state index in [-0.39, 0.29) is 0 Å². The van der Waals surface area contributed by atoms with Crippen LogP contribution in [-0.4, -0.2) is 24.9 Å². The van der Waals surface area contributed by atoms with E-state index in [0.29, 0.717) is 18.3 Å². The molecule has 2 heterocycles. The Morgan fingerprint density at radius 1 is 1.17 bits per heavy atom. The van der Waals surface area contributed by atoms with E-state index in [9.17, 15) is 0 Å². The van der Waals surface area contributed by atoms with E-state index in [2.05, 4.69) is 6.92 Å². The molecule has 0 N–H and O–H groups in total. The lowest BCUT2D eigenvalue weighted by Gasteiger charge is -1.93. The van der Waals surface area contributed by atoms with Crippen molar-refractivity contribution in [3.8, 4) is 0 Å². The van der Waals surface area contributed by atoms with Gasteiger partial charge in [-0.2, -0.15) is 0 Å². The Bertz CT molecular complexity index is 143. The molecule has 2 heteroatoms. The van der Waals surface area contributed by atoms with E-state index < -0.39 is 0 Å². The molecule has 2 aliphatic rings. The SMILES string of the molecule is CCCC1OC1CCCC1CO1. The van der Waals surface area contributed by atoms with Crippen molar-refractivity contribution in [3.63, 3.8) is 0 Å². The lowest BCUT2D eigenvalue weighted by Crippen LogP contribution is -1.95. The summed E-state index contributed by atoms with van der Waals surface area (Å²) in [4.78, 5) is 0. The molecule has 0 bridgehead atoms. The number of ether oxygens (including phenoxy) is 2. The molecular formula is C10H18O2. The maximum atomic E-state index is 5.52. The third kappa shape index (κ3) is 2.46. The Hall–Kier alpha value is -0.0800. The summed E-state index contributed by atoms with van der Waals surface area (Å²) in [5.41, 5.74) is 0. The minimum absolute atomic E-state index is 0.601. The van der Waals surface area contributed by atoms with Crippen LogP contribution in [0.2, 0.25) is 0 Å². The van der Waals surface area contributed by atoms with Crippen LogP contribution >= 0.6 is 0 Å². The summed E-state index contributed by atoms with van der Waals surface area (Å²) < 4.78 is 10.7. The summed E-state index contributed by atoms with van der Waals surface area (Å²) in [5.74, 6) is 0. The Balaban J connectivity index is 1.46. The fourth-order valence-corrected chi connectivity index (χ4v) is 1.75. The molecule has 2 nitrogen and oxygen atoms in total. The molecule has 0 aromatic carbocycles. The highest BCUT2D eigenvalue weighted by atomic mass is 16.6. The normalized spacial score (nSPS) is 38.2. The Morgan fingerprint density at radius 3 is 2.58 bits per heavy atom. The molecule has 0 aliphatic carbocycles. The molecular weight excluding hydrogens is 152 g/mol. The van der Waals surface area contributed by atoms with Gasteiger partial charge in [0.05, 0.1) is 24.9 Å². The molecule has 0 spiro atoms. The number of epoxide rings is 2. The van der Waals surface area contributed by atoms with Crippen LogP contribution in [-0.2, 0) is 9.47 Å². The number of rotatable bonds is 6. The van der Waals surface area contributed by atoms with Gasteiger partial charge in [0.2, 0.25) is 0 Å². The first-order valence-electron chi connectivity index (χ1n) is 5.17. The second-order valence-corrected chi connectivity index (χ2v) is 3.89. The minimum atomic E-state index is 0.601. The van der Waals surface area contributed by atoms with Gasteiger partial charge in [-0.25, -0.2) is 0 Å². The third-order valence-electron chi connectivity index (χ3n) is 2.68. The van der Waals surface area contributed by atoms with Gasteiger partial charge < -0.3 is 9.47 Å². The number of hydrogen-bond acceptors (Lipinski definition) is 2. The van der Waals surface area contributed by atoms with Crippen LogP contribution in [0.5, 0.6) is 0 Å².